The molecule has 0 fully saturated rings. The SMILES string of the molecule is CC(C)(C)NS(=O)(=O)c1cccc(NC(=O)c2nc(-c3ccccc3)n(-c3ccccc3)n2)c1. The van der Waals surface area contributed by atoms with Crippen LogP contribution in [0, 0.1) is 0 Å². The Morgan fingerprint density at radius 2 is 1.53 bits per heavy atom. The van der Waals surface area contributed by atoms with Crippen molar-refractivity contribution in [2.24, 2.45) is 0 Å². The smallest absolute Gasteiger partial charge is 0.295 e. The third-order valence-corrected chi connectivity index (χ3v) is 6.44. The molecule has 0 aliphatic heterocycles. The number of hydrogen-bond donors (Lipinski definition) is 2. The number of aromatic nitrogens is 3. The predicted molar refractivity (Wildman–Crippen MR) is 131 cm³/mol. The average molecular weight is 476 g/mol. The molecule has 2 N–H and O–H groups in total. The summed E-state index contributed by atoms with van der Waals surface area (Å²) in [7, 11) is -3.75. The largest absolute Gasteiger partial charge is 0.319 e. The van der Waals surface area contributed by atoms with Gasteiger partial charge in [-0.15, -0.1) is 5.10 Å². The van der Waals surface area contributed by atoms with Crippen LogP contribution in [0.5, 0.6) is 0 Å². The zero-order valence-corrected chi connectivity index (χ0v) is 19.9. The summed E-state index contributed by atoms with van der Waals surface area (Å²) in [6, 6.07) is 24.9. The fourth-order valence-corrected chi connectivity index (χ4v) is 4.79. The molecule has 1 aromatic heterocycles. The second-order valence-corrected chi connectivity index (χ2v) is 10.4. The van der Waals surface area contributed by atoms with Crippen molar-refractivity contribution in [3.8, 4) is 17.1 Å². The van der Waals surface area contributed by atoms with E-state index in [1.807, 2.05) is 60.7 Å². The first-order valence-electron chi connectivity index (χ1n) is 10.7. The fourth-order valence-electron chi connectivity index (χ4n) is 3.32. The molecule has 1 amide bonds. The Labute approximate surface area is 198 Å². The van der Waals surface area contributed by atoms with Gasteiger partial charge in [0.05, 0.1) is 10.6 Å². The normalized spacial score (nSPS) is 11.9. The van der Waals surface area contributed by atoms with Crippen LogP contribution in [-0.2, 0) is 10.0 Å². The zero-order valence-electron chi connectivity index (χ0n) is 19.1. The molecule has 9 heteroatoms. The van der Waals surface area contributed by atoms with Crippen LogP contribution in [0.1, 0.15) is 31.4 Å². The highest BCUT2D eigenvalue weighted by Gasteiger charge is 2.23. The maximum Gasteiger partial charge on any atom is 0.295 e. The van der Waals surface area contributed by atoms with E-state index < -0.39 is 21.5 Å². The van der Waals surface area contributed by atoms with Crippen molar-refractivity contribution >= 4 is 21.6 Å². The molecule has 0 saturated carbocycles. The van der Waals surface area contributed by atoms with E-state index in [1.165, 1.54) is 12.1 Å². The van der Waals surface area contributed by atoms with Gasteiger partial charge >= 0.3 is 0 Å². The topological polar surface area (TPSA) is 106 Å². The van der Waals surface area contributed by atoms with Crippen molar-refractivity contribution in [3.63, 3.8) is 0 Å². The summed E-state index contributed by atoms with van der Waals surface area (Å²) in [5.41, 5.74) is 1.24. The van der Waals surface area contributed by atoms with Crippen LogP contribution in [-0.4, -0.2) is 34.6 Å². The van der Waals surface area contributed by atoms with Gasteiger partial charge in [0.2, 0.25) is 15.8 Å². The standard InChI is InChI=1S/C25H25N5O3S/c1-25(2,3)29-34(32,33)21-16-10-13-19(17-21)26-24(31)22-27-23(18-11-6-4-7-12-18)30(28-22)20-14-8-5-9-15-20/h4-17,29H,1-3H3,(H,26,31). The van der Waals surface area contributed by atoms with E-state index in [2.05, 4.69) is 20.1 Å². The van der Waals surface area contributed by atoms with Gasteiger partial charge < -0.3 is 5.32 Å². The van der Waals surface area contributed by atoms with Crippen LogP contribution in [0.2, 0.25) is 0 Å². The summed E-state index contributed by atoms with van der Waals surface area (Å²) >= 11 is 0. The first kappa shape index (κ1) is 23.3. The van der Waals surface area contributed by atoms with Gasteiger partial charge in [-0.3, -0.25) is 4.79 Å². The quantitative estimate of drug-likeness (QED) is 0.433. The summed E-state index contributed by atoms with van der Waals surface area (Å²) in [6.45, 7) is 5.28. The first-order valence-corrected chi connectivity index (χ1v) is 12.1. The number of carbonyl (C=O) groups is 1. The highest BCUT2D eigenvalue weighted by atomic mass is 32.2. The van der Waals surface area contributed by atoms with Gasteiger partial charge in [-0.25, -0.2) is 22.8 Å². The third-order valence-electron chi connectivity index (χ3n) is 4.69. The Kier molecular flexibility index (Phi) is 6.32. The molecule has 0 bridgehead atoms. The number of nitrogens with one attached hydrogen (secondary N) is 2. The summed E-state index contributed by atoms with van der Waals surface area (Å²) in [5, 5.41) is 7.14. The van der Waals surface area contributed by atoms with Crippen molar-refractivity contribution in [2.45, 2.75) is 31.2 Å². The Morgan fingerprint density at radius 1 is 0.882 bits per heavy atom. The van der Waals surface area contributed by atoms with Crippen molar-refractivity contribution in [1.29, 1.82) is 0 Å². The average Bonchev–Trinajstić information content (AvgIpc) is 3.25. The van der Waals surface area contributed by atoms with Gasteiger partial charge in [0, 0.05) is 16.8 Å². The third kappa shape index (κ3) is 5.38. The molecule has 0 saturated heterocycles. The lowest BCUT2D eigenvalue weighted by Gasteiger charge is -2.20. The minimum atomic E-state index is -3.75. The number of hydrogen-bond acceptors (Lipinski definition) is 5. The molecule has 0 unspecified atom stereocenters. The van der Waals surface area contributed by atoms with E-state index in [-0.39, 0.29) is 10.7 Å². The Balaban J connectivity index is 1.65. The number of nitrogens with zero attached hydrogens (tertiary/aromatic N) is 3. The monoisotopic (exact) mass is 475 g/mol. The molecular weight excluding hydrogens is 450 g/mol. The van der Waals surface area contributed by atoms with Crippen LogP contribution in [0.4, 0.5) is 5.69 Å². The lowest BCUT2D eigenvalue weighted by molar-refractivity contribution is 0.101. The molecule has 174 valence electrons. The molecule has 0 aliphatic carbocycles. The zero-order chi connectivity index (χ0) is 24.3. The fraction of sp³-hybridized carbons (Fsp3) is 0.160. The van der Waals surface area contributed by atoms with E-state index in [0.29, 0.717) is 11.5 Å². The highest BCUT2D eigenvalue weighted by Crippen LogP contribution is 2.22. The maximum atomic E-state index is 13.0. The van der Waals surface area contributed by atoms with E-state index in [4.69, 9.17) is 0 Å². The second-order valence-electron chi connectivity index (χ2n) is 8.71. The van der Waals surface area contributed by atoms with Gasteiger partial charge in [0.25, 0.3) is 5.91 Å². The molecule has 8 nitrogen and oxygen atoms in total. The molecular formula is C25H25N5O3S. The van der Waals surface area contributed by atoms with Crippen LogP contribution >= 0.6 is 0 Å². The molecule has 3 aromatic carbocycles. The van der Waals surface area contributed by atoms with Gasteiger partial charge in [-0.2, -0.15) is 0 Å². The number of para-hydroxylation sites is 1. The van der Waals surface area contributed by atoms with Gasteiger partial charge in [0.1, 0.15) is 0 Å². The van der Waals surface area contributed by atoms with E-state index in [0.717, 1.165) is 11.3 Å². The van der Waals surface area contributed by atoms with Crippen molar-refractivity contribution < 1.29 is 13.2 Å². The first-order chi connectivity index (χ1) is 16.1. The molecule has 0 aliphatic rings. The Morgan fingerprint density at radius 3 is 2.18 bits per heavy atom. The molecule has 1 heterocycles. The van der Waals surface area contributed by atoms with Crippen molar-refractivity contribution in [2.75, 3.05) is 5.32 Å². The minimum Gasteiger partial charge on any atom is -0.319 e. The van der Waals surface area contributed by atoms with Crippen molar-refractivity contribution in [1.82, 2.24) is 19.5 Å². The van der Waals surface area contributed by atoms with Crippen LogP contribution in [0.3, 0.4) is 0 Å². The van der Waals surface area contributed by atoms with Crippen LogP contribution in [0.25, 0.3) is 17.1 Å². The van der Waals surface area contributed by atoms with E-state index >= 15 is 0 Å². The predicted octanol–water partition coefficient (Wildman–Crippen LogP) is 4.26. The summed E-state index contributed by atoms with van der Waals surface area (Å²) in [6.07, 6.45) is 0. The van der Waals surface area contributed by atoms with E-state index in [1.54, 1.807) is 37.6 Å². The number of amides is 1. The molecule has 0 atom stereocenters. The molecule has 34 heavy (non-hydrogen) atoms. The molecule has 4 rings (SSSR count). The molecule has 0 spiro atoms. The Hall–Kier alpha value is -3.82. The van der Waals surface area contributed by atoms with Gasteiger partial charge in [-0.05, 0) is 51.1 Å². The summed E-state index contributed by atoms with van der Waals surface area (Å²) < 4.78 is 29.5. The number of sulfonamides is 1. The Bertz CT molecular complexity index is 1350. The summed E-state index contributed by atoms with van der Waals surface area (Å²) in [5.74, 6) is -0.0726. The van der Waals surface area contributed by atoms with E-state index in [9.17, 15) is 13.2 Å². The summed E-state index contributed by atoms with van der Waals surface area (Å²) in [4.78, 5) is 17.5. The number of anilines is 1. The number of benzene rings is 3. The van der Waals surface area contributed by atoms with Crippen LogP contribution < -0.4 is 10.0 Å². The number of carbonyl (C=O) groups excluding carboxylic acids is 1. The van der Waals surface area contributed by atoms with Crippen LogP contribution in [0.15, 0.2) is 89.8 Å². The molecule has 4 aromatic rings. The van der Waals surface area contributed by atoms with Crippen molar-refractivity contribution in [3.05, 3.63) is 90.8 Å². The lowest BCUT2D eigenvalue weighted by atomic mass is 10.1. The maximum absolute atomic E-state index is 13.0. The van der Waals surface area contributed by atoms with Gasteiger partial charge in [0.15, 0.2) is 5.82 Å². The van der Waals surface area contributed by atoms with Gasteiger partial charge in [-0.1, -0.05) is 54.6 Å². The lowest BCUT2D eigenvalue weighted by Crippen LogP contribution is -2.40. The second kappa shape index (κ2) is 9.20. The number of rotatable bonds is 6. The highest BCUT2D eigenvalue weighted by molar-refractivity contribution is 7.89. The minimum absolute atomic E-state index is 0.0382. The molecule has 0 radical (unpaired) electrons.